The second kappa shape index (κ2) is 5.87. The number of aromatic hydroxyl groups is 1. The number of carbonyl (C=O) groups excluding carboxylic acids is 2. The highest BCUT2D eigenvalue weighted by atomic mass is 16.5. The summed E-state index contributed by atoms with van der Waals surface area (Å²) in [5.41, 5.74) is 1.15. The second-order valence-electron chi connectivity index (χ2n) is 4.98. The number of hydrogen-bond acceptors (Lipinski definition) is 5. The average molecular weight is 291 g/mol. The van der Waals surface area contributed by atoms with Crippen molar-refractivity contribution in [1.82, 2.24) is 4.90 Å². The minimum absolute atomic E-state index is 0.00280. The molecule has 1 aromatic carbocycles. The number of ether oxygens (including phenoxy) is 1. The first-order valence-corrected chi connectivity index (χ1v) is 6.48. The highest BCUT2D eigenvalue weighted by molar-refractivity contribution is 5.88. The van der Waals surface area contributed by atoms with Crippen molar-refractivity contribution < 1.29 is 23.8 Å². The summed E-state index contributed by atoms with van der Waals surface area (Å²) in [6.07, 6.45) is 0.627. The van der Waals surface area contributed by atoms with Gasteiger partial charge in [0, 0.05) is 31.1 Å². The van der Waals surface area contributed by atoms with E-state index in [0.29, 0.717) is 11.1 Å². The van der Waals surface area contributed by atoms with Crippen molar-refractivity contribution in [2.24, 2.45) is 0 Å². The van der Waals surface area contributed by atoms with Crippen LogP contribution >= 0.6 is 0 Å². The Kier molecular flexibility index (Phi) is 4.16. The summed E-state index contributed by atoms with van der Waals surface area (Å²) < 4.78 is 10.4. The zero-order chi connectivity index (χ0) is 15.6. The molecule has 6 nitrogen and oxygen atoms in total. The lowest BCUT2D eigenvalue weighted by atomic mass is 10.1. The summed E-state index contributed by atoms with van der Waals surface area (Å²) in [6.45, 7) is 1.53. The smallest absolute Gasteiger partial charge is 0.311 e. The van der Waals surface area contributed by atoms with Crippen LogP contribution in [-0.2, 0) is 20.7 Å². The number of benzene rings is 1. The van der Waals surface area contributed by atoms with E-state index in [0.717, 1.165) is 5.39 Å². The number of rotatable bonds is 4. The average Bonchev–Trinajstić information content (AvgIpc) is 2.79. The van der Waals surface area contributed by atoms with Crippen LogP contribution in [0.2, 0.25) is 0 Å². The Morgan fingerprint density at radius 1 is 1.38 bits per heavy atom. The number of furan rings is 1. The Bertz CT molecular complexity index is 674. The van der Waals surface area contributed by atoms with E-state index in [1.165, 1.54) is 30.2 Å². The summed E-state index contributed by atoms with van der Waals surface area (Å²) in [4.78, 5) is 24.9. The molecule has 0 saturated carbocycles. The summed E-state index contributed by atoms with van der Waals surface area (Å²) in [7, 11) is 3.20. The zero-order valence-corrected chi connectivity index (χ0v) is 12.1. The minimum Gasteiger partial charge on any atom is -0.508 e. The van der Waals surface area contributed by atoms with E-state index in [-0.39, 0.29) is 18.1 Å². The first-order valence-electron chi connectivity index (χ1n) is 6.48. The number of likely N-dealkylation sites (N-methyl/N-ethyl adjacent to an activating group) is 1. The molecule has 0 spiro atoms. The number of fused-ring (bicyclic) bond motifs is 1. The second-order valence-corrected chi connectivity index (χ2v) is 4.98. The van der Waals surface area contributed by atoms with Gasteiger partial charge >= 0.3 is 5.97 Å². The molecule has 0 aliphatic carbocycles. The molecule has 0 unspecified atom stereocenters. The monoisotopic (exact) mass is 291 g/mol. The van der Waals surface area contributed by atoms with Crippen LogP contribution in [0.15, 0.2) is 28.9 Å². The predicted octanol–water partition coefficient (Wildman–Crippen LogP) is 1.70. The number of phenols is 1. The van der Waals surface area contributed by atoms with E-state index in [4.69, 9.17) is 9.15 Å². The number of carbonyl (C=O) groups is 2. The standard InChI is InChI=1S/C15H17NO5/c1-9(15(19)16(2)3)21-14(18)6-10-8-20-13-7-11(17)4-5-12(10)13/h4-5,7-9,17H,6H2,1-3H3/t9-/m1/s1. The first kappa shape index (κ1) is 14.9. The maximum Gasteiger partial charge on any atom is 0.311 e. The van der Waals surface area contributed by atoms with E-state index in [9.17, 15) is 14.7 Å². The van der Waals surface area contributed by atoms with Crippen LogP contribution in [-0.4, -0.2) is 42.1 Å². The predicted molar refractivity (Wildman–Crippen MR) is 75.8 cm³/mol. The Hall–Kier alpha value is -2.50. The zero-order valence-electron chi connectivity index (χ0n) is 12.1. The third-order valence-corrected chi connectivity index (χ3v) is 3.07. The molecule has 0 saturated heterocycles. The molecule has 0 radical (unpaired) electrons. The van der Waals surface area contributed by atoms with Crippen molar-refractivity contribution in [3.05, 3.63) is 30.0 Å². The first-order chi connectivity index (χ1) is 9.88. The van der Waals surface area contributed by atoms with E-state index in [2.05, 4.69) is 0 Å². The molecule has 1 N–H and O–H groups in total. The molecule has 6 heteroatoms. The fourth-order valence-electron chi connectivity index (χ4n) is 2.02. The van der Waals surface area contributed by atoms with Crippen LogP contribution in [0.4, 0.5) is 0 Å². The van der Waals surface area contributed by atoms with Gasteiger partial charge < -0.3 is 19.2 Å². The lowest BCUT2D eigenvalue weighted by molar-refractivity contribution is -0.157. The fourth-order valence-corrected chi connectivity index (χ4v) is 2.02. The summed E-state index contributed by atoms with van der Waals surface area (Å²) >= 11 is 0. The summed E-state index contributed by atoms with van der Waals surface area (Å²) in [5.74, 6) is -0.685. The third kappa shape index (κ3) is 3.34. The molecule has 1 heterocycles. The van der Waals surface area contributed by atoms with Crippen molar-refractivity contribution in [2.75, 3.05) is 14.1 Å². The van der Waals surface area contributed by atoms with Gasteiger partial charge in [-0.25, -0.2) is 0 Å². The van der Waals surface area contributed by atoms with Gasteiger partial charge in [0.25, 0.3) is 5.91 Å². The number of amides is 1. The van der Waals surface area contributed by atoms with Gasteiger partial charge in [0.15, 0.2) is 6.10 Å². The molecule has 1 atom stereocenters. The molecule has 0 fully saturated rings. The van der Waals surface area contributed by atoms with Gasteiger partial charge in [-0.05, 0) is 19.1 Å². The molecule has 1 aromatic heterocycles. The quantitative estimate of drug-likeness (QED) is 0.867. The topological polar surface area (TPSA) is 80.0 Å². The maximum absolute atomic E-state index is 11.9. The van der Waals surface area contributed by atoms with E-state index in [1.807, 2.05) is 0 Å². The largest absolute Gasteiger partial charge is 0.508 e. The highest BCUT2D eigenvalue weighted by Crippen LogP contribution is 2.25. The molecule has 21 heavy (non-hydrogen) atoms. The van der Waals surface area contributed by atoms with Gasteiger partial charge in [-0.3, -0.25) is 9.59 Å². The Balaban J connectivity index is 2.06. The molecule has 2 rings (SSSR count). The Morgan fingerprint density at radius 3 is 2.76 bits per heavy atom. The van der Waals surface area contributed by atoms with Crippen molar-refractivity contribution >= 4 is 22.8 Å². The van der Waals surface area contributed by atoms with Crippen molar-refractivity contribution in [2.45, 2.75) is 19.4 Å². The molecular formula is C15H17NO5. The lowest BCUT2D eigenvalue weighted by Gasteiger charge is -2.17. The van der Waals surface area contributed by atoms with Crippen LogP contribution in [0.1, 0.15) is 12.5 Å². The number of hydrogen-bond donors (Lipinski definition) is 1. The van der Waals surface area contributed by atoms with E-state index in [1.54, 1.807) is 20.2 Å². The molecule has 2 aromatic rings. The summed E-state index contributed by atoms with van der Waals surface area (Å²) in [6, 6.07) is 4.67. The van der Waals surface area contributed by atoms with Gasteiger partial charge in [-0.1, -0.05) is 0 Å². The highest BCUT2D eigenvalue weighted by Gasteiger charge is 2.20. The number of phenolic OH excluding ortho intramolecular Hbond substituents is 1. The van der Waals surface area contributed by atoms with Crippen molar-refractivity contribution in [3.63, 3.8) is 0 Å². The van der Waals surface area contributed by atoms with Crippen molar-refractivity contribution in [1.29, 1.82) is 0 Å². The van der Waals surface area contributed by atoms with Gasteiger partial charge in [0.05, 0.1) is 12.7 Å². The number of nitrogens with zero attached hydrogens (tertiary/aromatic N) is 1. The molecule has 0 aliphatic rings. The number of esters is 1. The van der Waals surface area contributed by atoms with E-state index < -0.39 is 12.1 Å². The van der Waals surface area contributed by atoms with Crippen molar-refractivity contribution in [3.8, 4) is 5.75 Å². The van der Waals surface area contributed by atoms with Gasteiger partial charge in [0.1, 0.15) is 11.3 Å². The van der Waals surface area contributed by atoms with Gasteiger partial charge in [0.2, 0.25) is 0 Å². The molecule has 0 aliphatic heterocycles. The van der Waals surface area contributed by atoms with Crippen LogP contribution < -0.4 is 0 Å². The lowest BCUT2D eigenvalue weighted by Crippen LogP contribution is -2.35. The molecule has 112 valence electrons. The van der Waals surface area contributed by atoms with Crippen LogP contribution in [0.5, 0.6) is 5.75 Å². The van der Waals surface area contributed by atoms with Gasteiger partial charge in [-0.2, -0.15) is 0 Å². The fraction of sp³-hybridized carbons (Fsp3) is 0.333. The van der Waals surface area contributed by atoms with Crippen LogP contribution in [0, 0.1) is 0 Å². The SMILES string of the molecule is C[C@@H](OC(=O)Cc1coc2cc(O)ccc12)C(=O)N(C)C. The minimum atomic E-state index is -0.824. The Morgan fingerprint density at radius 2 is 2.10 bits per heavy atom. The maximum atomic E-state index is 11.9. The molecular weight excluding hydrogens is 274 g/mol. The van der Waals surface area contributed by atoms with Crippen LogP contribution in [0.3, 0.4) is 0 Å². The van der Waals surface area contributed by atoms with Crippen LogP contribution in [0.25, 0.3) is 11.0 Å². The van der Waals surface area contributed by atoms with Gasteiger partial charge in [-0.15, -0.1) is 0 Å². The molecule has 1 amide bonds. The third-order valence-electron chi connectivity index (χ3n) is 3.07. The van der Waals surface area contributed by atoms with E-state index >= 15 is 0 Å². The Labute approximate surface area is 121 Å². The summed E-state index contributed by atoms with van der Waals surface area (Å²) in [5, 5.41) is 10.1. The molecule has 0 bridgehead atoms. The normalized spacial score (nSPS) is 12.1.